The number of benzene rings is 1. The van der Waals surface area contributed by atoms with Crippen molar-refractivity contribution in [1.29, 1.82) is 0 Å². The summed E-state index contributed by atoms with van der Waals surface area (Å²) in [6.07, 6.45) is 1.90. The SMILES string of the molecule is Cl.NC1Cc2ccc(CC(=O)O)cc2C1. The summed E-state index contributed by atoms with van der Waals surface area (Å²) in [7, 11) is 0. The molecule has 0 aliphatic heterocycles. The largest absolute Gasteiger partial charge is 0.481 e. The van der Waals surface area contributed by atoms with Gasteiger partial charge in [-0.3, -0.25) is 4.79 Å². The Bertz CT molecular complexity index is 379. The van der Waals surface area contributed by atoms with Gasteiger partial charge in [0.05, 0.1) is 6.42 Å². The number of carboxylic acids is 1. The van der Waals surface area contributed by atoms with Crippen molar-refractivity contribution in [2.24, 2.45) is 5.73 Å². The summed E-state index contributed by atoms with van der Waals surface area (Å²) < 4.78 is 0. The second kappa shape index (κ2) is 4.64. The Morgan fingerprint density at radius 2 is 2.07 bits per heavy atom. The fraction of sp³-hybridized carbons (Fsp3) is 0.364. The predicted octanol–water partition coefficient (Wildman–Crippen LogP) is 1.16. The fourth-order valence-corrected chi connectivity index (χ4v) is 1.99. The van der Waals surface area contributed by atoms with Gasteiger partial charge in [0.15, 0.2) is 0 Å². The molecule has 0 fully saturated rings. The number of halogens is 1. The Labute approximate surface area is 94.7 Å². The molecule has 3 nitrogen and oxygen atoms in total. The van der Waals surface area contributed by atoms with Gasteiger partial charge < -0.3 is 10.8 Å². The van der Waals surface area contributed by atoms with Gasteiger partial charge in [-0.2, -0.15) is 0 Å². The van der Waals surface area contributed by atoms with Crippen molar-refractivity contribution in [2.45, 2.75) is 25.3 Å². The molecule has 1 aromatic carbocycles. The summed E-state index contributed by atoms with van der Waals surface area (Å²) in [5, 5.41) is 8.64. The third kappa shape index (κ3) is 2.70. The van der Waals surface area contributed by atoms with E-state index in [4.69, 9.17) is 10.8 Å². The molecule has 1 aromatic rings. The number of fused-ring (bicyclic) bond motifs is 1. The molecule has 1 aliphatic carbocycles. The lowest BCUT2D eigenvalue weighted by Gasteiger charge is -2.01. The Hall–Kier alpha value is -1.06. The molecular formula is C11H14ClNO2. The molecule has 2 rings (SSSR count). The van der Waals surface area contributed by atoms with Crippen LogP contribution in [-0.4, -0.2) is 17.1 Å². The van der Waals surface area contributed by atoms with Gasteiger partial charge in [0.1, 0.15) is 0 Å². The second-order valence-electron chi connectivity index (χ2n) is 3.84. The summed E-state index contributed by atoms with van der Waals surface area (Å²) in [5.41, 5.74) is 9.17. The molecule has 1 aliphatic rings. The van der Waals surface area contributed by atoms with Crippen LogP contribution in [0.1, 0.15) is 16.7 Å². The molecule has 0 bridgehead atoms. The smallest absolute Gasteiger partial charge is 0.307 e. The van der Waals surface area contributed by atoms with Crippen LogP contribution in [0.4, 0.5) is 0 Å². The molecular weight excluding hydrogens is 214 g/mol. The fourth-order valence-electron chi connectivity index (χ4n) is 1.99. The minimum Gasteiger partial charge on any atom is -0.481 e. The van der Waals surface area contributed by atoms with Crippen molar-refractivity contribution in [3.8, 4) is 0 Å². The number of hydrogen-bond donors (Lipinski definition) is 2. The molecule has 0 saturated carbocycles. The highest BCUT2D eigenvalue weighted by Crippen LogP contribution is 2.22. The van der Waals surface area contributed by atoms with Crippen molar-refractivity contribution < 1.29 is 9.90 Å². The zero-order valence-corrected chi connectivity index (χ0v) is 9.09. The molecule has 82 valence electrons. The molecule has 3 N–H and O–H groups in total. The van der Waals surface area contributed by atoms with Crippen LogP contribution in [0.5, 0.6) is 0 Å². The van der Waals surface area contributed by atoms with E-state index in [0.717, 1.165) is 18.4 Å². The maximum Gasteiger partial charge on any atom is 0.307 e. The van der Waals surface area contributed by atoms with Crippen molar-refractivity contribution in [3.05, 3.63) is 34.9 Å². The van der Waals surface area contributed by atoms with E-state index in [1.165, 1.54) is 11.1 Å². The second-order valence-corrected chi connectivity index (χ2v) is 3.84. The molecule has 1 unspecified atom stereocenters. The van der Waals surface area contributed by atoms with Crippen LogP contribution in [0.25, 0.3) is 0 Å². The maximum absolute atomic E-state index is 10.5. The van der Waals surface area contributed by atoms with Crippen molar-refractivity contribution in [1.82, 2.24) is 0 Å². The van der Waals surface area contributed by atoms with Gasteiger partial charge in [-0.05, 0) is 29.5 Å². The molecule has 0 heterocycles. The summed E-state index contributed by atoms with van der Waals surface area (Å²) in [6, 6.07) is 6.06. The Kier molecular flexibility index (Phi) is 3.72. The highest BCUT2D eigenvalue weighted by atomic mass is 35.5. The lowest BCUT2D eigenvalue weighted by Crippen LogP contribution is -2.18. The van der Waals surface area contributed by atoms with E-state index < -0.39 is 5.97 Å². The molecule has 0 saturated heterocycles. The minimum atomic E-state index is -0.785. The average molecular weight is 228 g/mol. The first-order chi connectivity index (χ1) is 6.65. The molecule has 0 radical (unpaired) electrons. The van der Waals surface area contributed by atoms with Gasteiger partial charge in [-0.15, -0.1) is 12.4 Å². The number of rotatable bonds is 2. The van der Waals surface area contributed by atoms with Gasteiger partial charge in [-0.1, -0.05) is 18.2 Å². The first-order valence-corrected chi connectivity index (χ1v) is 4.73. The van der Waals surface area contributed by atoms with E-state index in [0.29, 0.717) is 0 Å². The highest BCUT2D eigenvalue weighted by Gasteiger charge is 2.18. The maximum atomic E-state index is 10.5. The monoisotopic (exact) mass is 227 g/mol. The Balaban J connectivity index is 0.00000112. The summed E-state index contributed by atoms with van der Waals surface area (Å²) in [4.78, 5) is 10.5. The van der Waals surface area contributed by atoms with E-state index in [1.807, 2.05) is 18.2 Å². The zero-order valence-electron chi connectivity index (χ0n) is 8.27. The molecule has 0 spiro atoms. The molecule has 0 amide bonds. The van der Waals surface area contributed by atoms with Crippen LogP contribution < -0.4 is 5.73 Å². The molecule has 15 heavy (non-hydrogen) atoms. The average Bonchev–Trinajstić information content (AvgIpc) is 2.42. The highest BCUT2D eigenvalue weighted by molar-refractivity contribution is 5.85. The number of hydrogen-bond acceptors (Lipinski definition) is 2. The zero-order chi connectivity index (χ0) is 10.1. The van der Waals surface area contributed by atoms with Crippen LogP contribution in [0.2, 0.25) is 0 Å². The first-order valence-electron chi connectivity index (χ1n) is 4.73. The Morgan fingerprint density at radius 1 is 1.40 bits per heavy atom. The lowest BCUT2D eigenvalue weighted by molar-refractivity contribution is -0.136. The number of carboxylic acid groups (broad SMARTS) is 1. The van der Waals surface area contributed by atoms with Crippen LogP contribution >= 0.6 is 12.4 Å². The van der Waals surface area contributed by atoms with Gasteiger partial charge in [0, 0.05) is 6.04 Å². The molecule has 4 heteroatoms. The molecule has 1 atom stereocenters. The quantitative estimate of drug-likeness (QED) is 0.797. The van der Waals surface area contributed by atoms with Crippen LogP contribution in [-0.2, 0) is 24.1 Å². The van der Waals surface area contributed by atoms with Crippen molar-refractivity contribution >= 4 is 18.4 Å². The van der Waals surface area contributed by atoms with Crippen LogP contribution in [0.15, 0.2) is 18.2 Å². The topological polar surface area (TPSA) is 63.3 Å². The van der Waals surface area contributed by atoms with Crippen molar-refractivity contribution in [3.63, 3.8) is 0 Å². The summed E-state index contributed by atoms with van der Waals surface area (Å²) in [5.74, 6) is -0.785. The Morgan fingerprint density at radius 3 is 2.73 bits per heavy atom. The summed E-state index contributed by atoms with van der Waals surface area (Å²) >= 11 is 0. The third-order valence-corrected chi connectivity index (χ3v) is 2.59. The molecule has 0 aromatic heterocycles. The standard InChI is InChI=1S/C11H13NO2.ClH/c12-10-5-8-2-1-7(4-11(13)14)3-9(8)6-10;/h1-3,10H,4-6,12H2,(H,13,14);1H. The van der Waals surface area contributed by atoms with Gasteiger partial charge in [-0.25, -0.2) is 0 Å². The number of nitrogens with two attached hydrogens (primary N) is 1. The van der Waals surface area contributed by atoms with E-state index in [-0.39, 0.29) is 24.9 Å². The van der Waals surface area contributed by atoms with E-state index >= 15 is 0 Å². The predicted molar refractivity (Wildman–Crippen MR) is 60.4 cm³/mol. The van der Waals surface area contributed by atoms with E-state index in [1.54, 1.807) is 0 Å². The third-order valence-electron chi connectivity index (χ3n) is 2.59. The van der Waals surface area contributed by atoms with E-state index in [9.17, 15) is 4.79 Å². The minimum absolute atomic E-state index is 0. The van der Waals surface area contributed by atoms with Gasteiger partial charge >= 0.3 is 5.97 Å². The van der Waals surface area contributed by atoms with E-state index in [2.05, 4.69) is 0 Å². The van der Waals surface area contributed by atoms with Crippen molar-refractivity contribution in [2.75, 3.05) is 0 Å². The lowest BCUT2D eigenvalue weighted by atomic mass is 10.0. The van der Waals surface area contributed by atoms with Gasteiger partial charge in [0.25, 0.3) is 0 Å². The summed E-state index contributed by atoms with van der Waals surface area (Å²) in [6.45, 7) is 0. The van der Waals surface area contributed by atoms with Gasteiger partial charge in [0.2, 0.25) is 0 Å². The van der Waals surface area contributed by atoms with Crippen LogP contribution in [0.3, 0.4) is 0 Å². The number of aliphatic carboxylic acids is 1. The first kappa shape index (κ1) is 12.0. The number of carbonyl (C=O) groups is 1. The normalized spacial score (nSPS) is 18.1. The van der Waals surface area contributed by atoms with Crippen LogP contribution in [0, 0.1) is 0 Å².